The first-order chi connectivity index (χ1) is 9.30. The summed E-state index contributed by atoms with van der Waals surface area (Å²) >= 11 is 5.82. The third-order valence-electron chi connectivity index (χ3n) is 3.47. The van der Waals surface area contributed by atoms with E-state index in [1.165, 1.54) is 6.33 Å². The zero-order valence-electron chi connectivity index (χ0n) is 11.8. The van der Waals surface area contributed by atoms with Crippen molar-refractivity contribution in [1.82, 2.24) is 14.9 Å². The standard InChI is InChI=1S/C12H18ClN5O2/c1-12(2,3)17-6-4-16(5-7-17)11-9(18(19)20)10(13)14-8-15-11/h8H,4-7H2,1-3H3. The monoisotopic (exact) mass is 299 g/mol. The molecule has 1 saturated heterocycles. The highest BCUT2D eigenvalue weighted by molar-refractivity contribution is 6.31. The molecule has 0 N–H and O–H groups in total. The second-order valence-corrected chi connectivity index (χ2v) is 6.10. The van der Waals surface area contributed by atoms with Crippen molar-refractivity contribution in [3.05, 3.63) is 21.6 Å². The molecule has 8 heteroatoms. The Bertz CT molecular complexity index is 509. The number of halogens is 1. The number of anilines is 1. The van der Waals surface area contributed by atoms with E-state index >= 15 is 0 Å². The van der Waals surface area contributed by atoms with Crippen LogP contribution in [0, 0.1) is 10.1 Å². The Morgan fingerprint density at radius 2 is 1.85 bits per heavy atom. The Balaban J connectivity index is 2.19. The smallest absolute Gasteiger partial charge is 0.348 e. The van der Waals surface area contributed by atoms with Gasteiger partial charge in [0.15, 0.2) is 0 Å². The van der Waals surface area contributed by atoms with Crippen molar-refractivity contribution in [2.45, 2.75) is 26.3 Å². The number of hydrogen-bond donors (Lipinski definition) is 0. The SMILES string of the molecule is CC(C)(C)N1CCN(c2ncnc(Cl)c2[N+](=O)[O-])CC1. The average Bonchev–Trinajstić information content (AvgIpc) is 2.37. The summed E-state index contributed by atoms with van der Waals surface area (Å²) in [5.41, 5.74) is -0.111. The zero-order valence-corrected chi connectivity index (χ0v) is 12.6. The molecule has 0 bridgehead atoms. The van der Waals surface area contributed by atoms with Crippen molar-refractivity contribution in [3.8, 4) is 0 Å². The van der Waals surface area contributed by atoms with Gasteiger partial charge in [0.25, 0.3) is 0 Å². The van der Waals surface area contributed by atoms with E-state index in [1.54, 1.807) is 0 Å². The summed E-state index contributed by atoms with van der Waals surface area (Å²) in [7, 11) is 0. The van der Waals surface area contributed by atoms with Crippen LogP contribution in [0.1, 0.15) is 20.8 Å². The van der Waals surface area contributed by atoms with Crippen LogP contribution in [-0.2, 0) is 0 Å². The maximum absolute atomic E-state index is 11.1. The van der Waals surface area contributed by atoms with Crippen LogP contribution in [0.5, 0.6) is 0 Å². The second kappa shape index (κ2) is 5.49. The fourth-order valence-corrected chi connectivity index (χ4v) is 2.52. The number of nitro groups is 1. The van der Waals surface area contributed by atoms with Crippen LogP contribution in [0.2, 0.25) is 5.15 Å². The van der Waals surface area contributed by atoms with Crippen LogP contribution >= 0.6 is 11.6 Å². The molecule has 1 aromatic heterocycles. The lowest BCUT2D eigenvalue weighted by Gasteiger charge is -2.42. The molecule has 1 aliphatic rings. The van der Waals surface area contributed by atoms with E-state index < -0.39 is 4.92 Å². The minimum Gasteiger partial charge on any atom is -0.348 e. The molecule has 0 unspecified atom stereocenters. The molecule has 20 heavy (non-hydrogen) atoms. The van der Waals surface area contributed by atoms with Crippen molar-refractivity contribution in [1.29, 1.82) is 0 Å². The van der Waals surface area contributed by atoms with Crippen molar-refractivity contribution in [3.63, 3.8) is 0 Å². The van der Waals surface area contributed by atoms with E-state index in [0.717, 1.165) is 13.1 Å². The van der Waals surface area contributed by atoms with Gasteiger partial charge in [-0.15, -0.1) is 0 Å². The Hall–Kier alpha value is -1.47. The van der Waals surface area contributed by atoms with Crippen molar-refractivity contribution >= 4 is 23.1 Å². The van der Waals surface area contributed by atoms with E-state index in [4.69, 9.17) is 11.6 Å². The third kappa shape index (κ3) is 2.99. The van der Waals surface area contributed by atoms with Gasteiger partial charge in [-0.2, -0.15) is 0 Å². The van der Waals surface area contributed by atoms with E-state index in [2.05, 4.69) is 35.6 Å². The van der Waals surface area contributed by atoms with Crippen LogP contribution in [0.15, 0.2) is 6.33 Å². The fourth-order valence-electron chi connectivity index (χ4n) is 2.33. The lowest BCUT2D eigenvalue weighted by molar-refractivity contribution is -0.384. The molecule has 0 aliphatic carbocycles. The first kappa shape index (κ1) is 14.9. The molecule has 0 amide bonds. The molecule has 0 aromatic carbocycles. The Morgan fingerprint density at radius 1 is 1.25 bits per heavy atom. The Labute approximate surface area is 122 Å². The molecule has 110 valence electrons. The summed E-state index contributed by atoms with van der Waals surface area (Å²) in [5, 5.41) is 11.0. The number of aromatic nitrogens is 2. The quantitative estimate of drug-likeness (QED) is 0.472. The topological polar surface area (TPSA) is 75.4 Å². The molecule has 0 radical (unpaired) electrons. The van der Waals surface area contributed by atoms with Crippen LogP contribution < -0.4 is 4.90 Å². The van der Waals surface area contributed by atoms with Gasteiger partial charge in [-0.25, -0.2) is 9.97 Å². The molecule has 7 nitrogen and oxygen atoms in total. The van der Waals surface area contributed by atoms with E-state index in [-0.39, 0.29) is 16.4 Å². The minimum atomic E-state index is -0.520. The van der Waals surface area contributed by atoms with E-state index in [1.807, 2.05) is 4.90 Å². The minimum absolute atomic E-state index is 0.0986. The maximum Gasteiger partial charge on any atom is 0.348 e. The van der Waals surface area contributed by atoms with Gasteiger partial charge in [-0.1, -0.05) is 11.6 Å². The van der Waals surface area contributed by atoms with Gasteiger partial charge >= 0.3 is 5.69 Å². The van der Waals surface area contributed by atoms with Crippen molar-refractivity contribution < 1.29 is 4.92 Å². The molecule has 0 atom stereocenters. The van der Waals surface area contributed by atoms with E-state index in [9.17, 15) is 10.1 Å². The molecular formula is C12H18ClN5O2. The summed E-state index contributed by atoms with van der Waals surface area (Å²) in [6, 6.07) is 0. The summed E-state index contributed by atoms with van der Waals surface area (Å²) in [6.07, 6.45) is 1.26. The van der Waals surface area contributed by atoms with Gasteiger partial charge in [-0.05, 0) is 20.8 Å². The number of hydrogen-bond acceptors (Lipinski definition) is 6. The highest BCUT2D eigenvalue weighted by Crippen LogP contribution is 2.32. The molecule has 0 spiro atoms. The van der Waals surface area contributed by atoms with Gasteiger partial charge in [0.2, 0.25) is 11.0 Å². The summed E-state index contributed by atoms with van der Waals surface area (Å²) in [6.45, 7) is 9.52. The second-order valence-electron chi connectivity index (χ2n) is 5.74. The fraction of sp³-hybridized carbons (Fsp3) is 0.667. The first-order valence-corrected chi connectivity index (χ1v) is 6.83. The molecule has 2 heterocycles. The summed E-state index contributed by atoms with van der Waals surface area (Å²) in [5.74, 6) is 0.309. The normalized spacial score (nSPS) is 17.3. The third-order valence-corrected chi connectivity index (χ3v) is 3.75. The Kier molecular flexibility index (Phi) is 4.10. The highest BCUT2D eigenvalue weighted by Gasteiger charge is 2.31. The molecule has 2 rings (SSSR count). The van der Waals surface area contributed by atoms with Crippen LogP contribution in [-0.4, -0.2) is 51.5 Å². The van der Waals surface area contributed by atoms with Crippen LogP contribution in [0.25, 0.3) is 0 Å². The van der Waals surface area contributed by atoms with Crippen molar-refractivity contribution in [2.24, 2.45) is 0 Å². The zero-order chi connectivity index (χ0) is 14.9. The molecular weight excluding hydrogens is 282 g/mol. The summed E-state index contributed by atoms with van der Waals surface area (Å²) < 4.78 is 0. The summed E-state index contributed by atoms with van der Waals surface area (Å²) in [4.78, 5) is 22.6. The molecule has 0 saturated carbocycles. The predicted octanol–water partition coefficient (Wildman–Crippen LogP) is 1.96. The number of piperazine rings is 1. The number of nitrogens with zero attached hydrogens (tertiary/aromatic N) is 5. The molecule has 1 fully saturated rings. The van der Waals surface area contributed by atoms with Gasteiger partial charge in [0.1, 0.15) is 6.33 Å². The van der Waals surface area contributed by atoms with Gasteiger partial charge in [0, 0.05) is 31.7 Å². The van der Waals surface area contributed by atoms with Crippen LogP contribution in [0.3, 0.4) is 0 Å². The first-order valence-electron chi connectivity index (χ1n) is 6.45. The Morgan fingerprint density at radius 3 is 2.35 bits per heavy atom. The molecule has 1 aliphatic heterocycles. The lowest BCUT2D eigenvalue weighted by atomic mass is 10.0. The predicted molar refractivity (Wildman–Crippen MR) is 77.2 cm³/mol. The molecule has 1 aromatic rings. The van der Waals surface area contributed by atoms with Crippen LogP contribution in [0.4, 0.5) is 11.5 Å². The van der Waals surface area contributed by atoms with Gasteiger partial charge in [-0.3, -0.25) is 15.0 Å². The average molecular weight is 300 g/mol. The number of rotatable bonds is 2. The van der Waals surface area contributed by atoms with E-state index in [0.29, 0.717) is 18.9 Å². The highest BCUT2D eigenvalue weighted by atomic mass is 35.5. The lowest BCUT2D eigenvalue weighted by Crippen LogP contribution is -2.53. The van der Waals surface area contributed by atoms with Gasteiger partial charge < -0.3 is 4.90 Å². The largest absolute Gasteiger partial charge is 0.348 e. The van der Waals surface area contributed by atoms with Gasteiger partial charge in [0.05, 0.1) is 4.92 Å². The van der Waals surface area contributed by atoms with Crippen molar-refractivity contribution in [2.75, 3.05) is 31.1 Å². The maximum atomic E-state index is 11.1.